The topological polar surface area (TPSA) is 68.1 Å². The fourth-order valence-electron chi connectivity index (χ4n) is 3.01. The van der Waals surface area contributed by atoms with Crippen molar-refractivity contribution in [2.45, 2.75) is 32.9 Å². The van der Waals surface area contributed by atoms with Gasteiger partial charge in [0.2, 0.25) is 5.56 Å². The Morgan fingerprint density at radius 3 is 2.69 bits per heavy atom. The molecule has 158 valence electrons. The van der Waals surface area contributed by atoms with Crippen molar-refractivity contribution in [2.75, 3.05) is 34.4 Å². The minimum Gasteiger partial charge on any atom is -0.497 e. The van der Waals surface area contributed by atoms with E-state index in [4.69, 9.17) is 14.5 Å². The van der Waals surface area contributed by atoms with Gasteiger partial charge in [-0.2, -0.15) is 0 Å². The summed E-state index contributed by atoms with van der Waals surface area (Å²) in [6.07, 6.45) is 3.64. The van der Waals surface area contributed by atoms with Crippen LogP contribution >= 0.6 is 0 Å². The van der Waals surface area contributed by atoms with Crippen molar-refractivity contribution < 1.29 is 9.47 Å². The number of nitrogens with one attached hydrogen (secondary N) is 1. The Morgan fingerprint density at radius 1 is 1.17 bits per heavy atom. The number of hydrogen-bond donors (Lipinski definition) is 1. The first-order valence-corrected chi connectivity index (χ1v) is 9.94. The molecule has 0 amide bonds. The Labute approximate surface area is 173 Å². The second-order valence-electron chi connectivity index (χ2n) is 6.71. The molecule has 1 heterocycles. The van der Waals surface area contributed by atoms with Crippen LogP contribution in [0.5, 0.6) is 11.5 Å². The molecule has 0 fully saturated rings. The molecule has 1 N–H and O–H groups in total. The predicted octanol–water partition coefficient (Wildman–Crippen LogP) is 2.74. The number of hydrogen-bond acceptors (Lipinski definition) is 4. The molecule has 0 atom stereocenters. The third-order valence-electron chi connectivity index (χ3n) is 4.57. The molecule has 2 rings (SSSR count). The third kappa shape index (κ3) is 6.85. The first-order valence-electron chi connectivity index (χ1n) is 9.94. The number of aromatic nitrogens is 1. The number of rotatable bonds is 10. The monoisotopic (exact) mass is 400 g/mol. The Bertz CT molecular complexity index is 848. The van der Waals surface area contributed by atoms with E-state index in [1.54, 1.807) is 30.9 Å². The lowest BCUT2D eigenvalue weighted by molar-refractivity contribution is 0.382. The van der Waals surface area contributed by atoms with Gasteiger partial charge in [-0.1, -0.05) is 6.07 Å². The van der Waals surface area contributed by atoms with E-state index in [0.717, 1.165) is 42.4 Å². The number of nitrogens with zero attached hydrogens (tertiary/aromatic N) is 3. The van der Waals surface area contributed by atoms with Gasteiger partial charge < -0.3 is 24.3 Å². The van der Waals surface area contributed by atoms with E-state index in [9.17, 15) is 4.79 Å². The van der Waals surface area contributed by atoms with Gasteiger partial charge in [0.15, 0.2) is 5.96 Å². The first kappa shape index (κ1) is 22.3. The van der Waals surface area contributed by atoms with E-state index < -0.39 is 0 Å². The van der Waals surface area contributed by atoms with Gasteiger partial charge in [-0.15, -0.1) is 0 Å². The minimum absolute atomic E-state index is 0.0394. The third-order valence-corrected chi connectivity index (χ3v) is 4.57. The van der Waals surface area contributed by atoms with Gasteiger partial charge in [0.05, 0.1) is 14.2 Å². The summed E-state index contributed by atoms with van der Waals surface area (Å²) in [6.45, 7) is 4.93. The smallest absolute Gasteiger partial charge is 0.250 e. The van der Waals surface area contributed by atoms with E-state index in [2.05, 4.69) is 17.1 Å². The van der Waals surface area contributed by atoms with Crippen molar-refractivity contribution in [3.63, 3.8) is 0 Å². The molecule has 7 nitrogen and oxygen atoms in total. The Morgan fingerprint density at radius 2 is 2.00 bits per heavy atom. The average molecular weight is 401 g/mol. The number of pyridine rings is 1. The number of aryl methyl sites for hydroxylation is 1. The normalized spacial score (nSPS) is 11.2. The minimum atomic E-state index is 0.0394. The molecular weight excluding hydrogens is 368 g/mol. The van der Waals surface area contributed by atoms with Crippen LogP contribution in [-0.4, -0.2) is 49.8 Å². The van der Waals surface area contributed by atoms with Crippen molar-refractivity contribution in [2.24, 2.45) is 4.99 Å². The number of ether oxygens (including phenoxy) is 2. The van der Waals surface area contributed by atoms with Gasteiger partial charge in [-0.25, -0.2) is 0 Å². The summed E-state index contributed by atoms with van der Waals surface area (Å²) in [6, 6.07) is 11.1. The van der Waals surface area contributed by atoms with Gasteiger partial charge in [0.25, 0.3) is 0 Å². The fourth-order valence-corrected chi connectivity index (χ4v) is 3.01. The second-order valence-corrected chi connectivity index (χ2v) is 6.71. The van der Waals surface area contributed by atoms with Crippen molar-refractivity contribution in [3.8, 4) is 11.5 Å². The largest absolute Gasteiger partial charge is 0.497 e. The fraction of sp³-hybridized carbons (Fsp3) is 0.455. The summed E-state index contributed by atoms with van der Waals surface area (Å²) in [5.41, 5.74) is 1.10. The molecule has 0 radical (unpaired) electrons. The number of methoxy groups -OCH3 is 2. The Hall–Kier alpha value is -2.96. The van der Waals surface area contributed by atoms with Crippen LogP contribution in [0.2, 0.25) is 0 Å². The maximum Gasteiger partial charge on any atom is 0.250 e. The van der Waals surface area contributed by atoms with Gasteiger partial charge in [0, 0.05) is 57.1 Å². The highest BCUT2D eigenvalue weighted by Crippen LogP contribution is 2.25. The van der Waals surface area contributed by atoms with Gasteiger partial charge in [-0.3, -0.25) is 9.79 Å². The zero-order chi connectivity index (χ0) is 21.1. The molecule has 0 aliphatic carbocycles. The van der Waals surface area contributed by atoms with E-state index in [1.807, 2.05) is 37.5 Å². The van der Waals surface area contributed by atoms with Gasteiger partial charge in [0.1, 0.15) is 11.5 Å². The molecule has 1 aromatic heterocycles. The van der Waals surface area contributed by atoms with Crippen LogP contribution in [0.3, 0.4) is 0 Å². The number of benzene rings is 1. The van der Waals surface area contributed by atoms with Crippen LogP contribution in [0.15, 0.2) is 52.4 Å². The Kier molecular flexibility index (Phi) is 9.08. The van der Waals surface area contributed by atoms with Crippen LogP contribution in [-0.2, 0) is 13.1 Å². The van der Waals surface area contributed by atoms with Gasteiger partial charge >= 0.3 is 0 Å². The second kappa shape index (κ2) is 11.8. The standard InChI is InChI=1S/C22H32N4O3/c1-5-23-22(24-13-7-9-15-26-14-8-6-10-21(26)27)25(2)17-18-11-12-19(28-3)16-20(18)29-4/h6,8,10-12,14,16H,5,7,9,13,15,17H2,1-4H3,(H,23,24). The van der Waals surface area contributed by atoms with E-state index in [1.165, 1.54) is 0 Å². The van der Waals surface area contributed by atoms with Crippen LogP contribution in [0.25, 0.3) is 0 Å². The zero-order valence-corrected chi connectivity index (χ0v) is 17.9. The molecular formula is C22H32N4O3. The lowest BCUT2D eigenvalue weighted by Crippen LogP contribution is -2.38. The summed E-state index contributed by atoms with van der Waals surface area (Å²) in [7, 11) is 5.31. The molecule has 0 aliphatic heterocycles. The van der Waals surface area contributed by atoms with Crippen molar-refractivity contribution in [1.82, 2.24) is 14.8 Å². The van der Waals surface area contributed by atoms with Crippen LogP contribution in [0.4, 0.5) is 0 Å². The lowest BCUT2D eigenvalue weighted by Gasteiger charge is -2.23. The summed E-state index contributed by atoms with van der Waals surface area (Å²) >= 11 is 0. The molecule has 29 heavy (non-hydrogen) atoms. The molecule has 2 aromatic rings. The van der Waals surface area contributed by atoms with Crippen molar-refractivity contribution in [1.29, 1.82) is 0 Å². The molecule has 0 aliphatic rings. The maximum atomic E-state index is 11.7. The summed E-state index contributed by atoms with van der Waals surface area (Å²) in [4.78, 5) is 18.5. The Balaban J connectivity index is 1.93. The zero-order valence-electron chi connectivity index (χ0n) is 17.9. The highest BCUT2D eigenvalue weighted by molar-refractivity contribution is 5.79. The quantitative estimate of drug-likeness (QED) is 0.377. The maximum absolute atomic E-state index is 11.7. The molecule has 0 bridgehead atoms. The predicted molar refractivity (Wildman–Crippen MR) is 117 cm³/mol. The molecule has 0 saturated carbocycles. The molecule has 1 aromatic carbocycles. The van der Waals surface area contributed by atoms with Crippen molar-refractivity contribution in [3.05, 3.63) is 58.5 Å². The first-order chi connectivity index (χ1) is 14.1. The lowest BCUT2D eigenvalue weighted by atomic mass is 10.2. The molecule has 0 saturated heterocycles. The SMILES string of the molecule is CCNC(=NCCCCn1ccccc1=O)N(C)Cc1ccc(OC)cc1OC. The molecule has 7 heteroatoms. The van der Waals surface area contributed by atoms with Crippen LogP contribution < -0.4 is 20.3 Å². The van der Waals surface area contributed by atoms with E-state index in [-0.39, 0.29) is 5.56 Å². The van der Waals surface area contributed by atoms with Crippen LogP contribution in [0, 0.1) is 0 Å². The highest BCUT2D eigenvalue weighted by atomic mass is 16.5. The highest BCUT2D eigenvalue weighted by Gasteiger charge is 2.11. The number of aliphatic imine (C=N–C) groups is 1. The number of guanidine groups is 1. The van der Waals surface area contributed by atoms with E-state index >= 15 is 0 Å². The van der Waals surface area contributed by atoms with E-state index in [0.29, 0.717) is 19.6 Å². The summed E-state index contributed by atoms with van der Waals surface area (Å²) < 4.78 is 12.5. The number of unbranched alkanes of at least 4 members (excludes halogenated alkanes) is 1. The summed E-state index contributed by atoms with van der Waals surface area (Å²) in [5, 5.41) is 3.34. The van der Waals surface area contributed by atoms with Crippen LogP contribution in [0.1, 0.15) is 25.3 Å². The summed E-state index contributed by atoms with van der Waals surface area (Å²) in [5.74, 6) is 2.41. The van der Waals surface area contributed by atoms with Gasteiger partial charge in [-0.05, 0) is 38.0 Å². The van der Waals surface area contributed by atoms with Crippen molar-refractivity contribution >= 4 is 5.96 Å². The average Bonchev–Trinajstić information content (AvgIpc) is 2.74. The molecule has 0 unspecified atom stereocenters. The molecule has 0 spiro atoms.